The SMILES string of the molecule is CCOC(=O)CN(C(=O)/C(C)=C/c1ccc(C(=O)Oc2ccc(N=C(N)N)cc2)cc1)c1ccccc1.Cl. The van der Waals surface area contributed by atoms with Crippen LogP contribution in [0.25, 0.3) is 6.08 Å². The number of amides is 1. The normalized spacial score (nSPS) is 10.5. The van der Waals surface area contributed by atoms with Crippen molar-refractivity contribution in [1.82, 2.24) is 0 Å². The molecule has 3 aromatic carbocycles. The molecule has 0 aromatic heterocycles. The lowest BCUT2D eigenvalue weighted by Crippen LogP contribution is -2.37. The molecule has 0 bridgehead atoms. The van der Waals surface area contributed by atoms with Gasteiger partial charge in [0.05, 0.1) is 17.9 Å². The van der Waals surface area contributed by atoms with Crippen LogP contribution in [0.5, 0.6) is 5.75 Å². The smallest absolute Gasteiger partial charge is 0.343 e. The zero-order valence-electron chi connectivity index (χ0n) is 21.0. The third-order valence-corrected chi connectivity index (χ3v) is 5.08. The number of hydrogen-bond acceptors (Lipinski definition) is 6. The maximum atomic E-state index is 13.2. The van der Waals surface area contributed by atoms with E-state index in [0.717, 1.165) is 0 Å². The Hall–Kier alpha value is -4.63. The Morgan fingerprint density at radius 3 is 2.13 bits per heavy atom. The van der Waals surface area contributed by atoms with E-state index >= 15 is 0 Å². The number of carbonyl (C=O) groups is 3. The molecule has 0 aliphatic carbocycles. The van der Waals surface area contributed by atoms with Crippen LogP contribution in [0.4, 0.5) is 11.4 Å². The number of anilines is 1. The quantitative estimate of drug-likeness (QED) is 0.137. The third kappa shape index (κ3) is 8.49. The van der Waals surface area contributed by atoms with Crippen molar-refractivity contribution in [1.29, 1.82) is 0 Å². The van der Waals surface area contributed by atoms with E-state index in [9.17, 15) is 14.4 Å². The molecule has 0 unspecified atom stereocenters. The Labute approximate surface area is 227 Å². The highest BCUT2D eigenvalue weighted by Crippen LogP contribution is 2.20. The van der Waals surface area contributed by atoms with Crippen molar-refractivity contribution in [3.8, 4) is 5.75 Å². The number of rotatable bonds is 9. The highest BCUT2D eigenvalue weighted by molar-refractivity contribution is 6.10. The van der Waals surface area contributed by atoms with Gasteiger partial charge >= 0.3 is 11.9 Å². The fourth-order valence-electron chi connectivity index (χ4n) is 3.37. The average Bonchev–Trinajstić information content (AvgIpc) is 2.89. The van der Waals surface area contributed by atoms with E-state index in [-0.39, 0.29) is 37.4 Å². The molecule has 3 aromatic rings. The minimum Gasteiger partial charge on any atom is -0.465 e. The molecular weight excluding hydrogens is 508 g/mol. The molecule has 0 fully saturated rings. The van der Waals surface area contributed by atoms with E-state index in [1.54, 1.807) is 92.7 Å². The molecule has 0 spiro atoms. The summed E-state index contributed by atoms with van der Waals surface area (Å²) >= 11 is 0. The van der Waals surface area contributed by atoms with Gasteiger partial charge < -0.3 is 20.9 Å². The standard InChI is InChI=1S/C28H28N4O5.ClH/c1-3-36-25(33)18-32(23-7-5-4-6-8-23)26(34)19(2)17-20-9-11-21(12-10-20)27(35)37-24-15-13-22(14-16-24)31-28(29)30;/h4-17H,3,18H2,1-2H3,(H4,29,30,31);1H/b19-17+;. The summed E-state index contributed by atoms with van der Waals surface area (Å²) < 4.78 is 10.4. The van der Waals surface area contributed by atoms with E-state index < -0.39 is 11.9 Å². The summed E-state index contributed by atoms with van der Waals surface area (Å²) in [6.07, 6.45) is 1.68. The lowest BCUT2D eigenvalue weighted by molar-refractivity contribution is -0.142. The number of nitrogens with two attached hydrogens (primary N) is 2. The van der Waals surface area contributed by atoms with Gasteiger partial charge in [0.15, 0.2) is 5.96 Å². The number of esters is 2. The monoisotopic (exact) mass is 536 g/mol. The van der Waals surface area contributed by atoms with Gasteiger partial charge in [0.1, 0.15) is 12.3 Å². The van der Waals surface area contributed by atoms with Gasteiger partial charge in [-0.25, -0.2) is 9.79 Å². The van der Waals surface area contributed by atoms with E-state index in [0.29, 0.717) is 33.8 Å². The topological polar surface area (TPSA) is 137 Å². The van der Waals surface area contributed by atoms with Crippen molar-refractivity contribution in [2.75, 3.05) is 18.1 Å². The first-order valence-corrected chi connectivity index (χ1v) is 11.5. The van der Waals surface area contributed by atoms with Gasteiger partial charge in [-0.15, -0.1) is 12.4 Å². The summed E-state index contributed by atoms with van der Waals surface area (Å²) in [6, 6.07) is 21.9. The highest BCUT2D eigenvalue weighted by Gasteiger charge is 2.21. The fourth-order valence-corrected chi connectivity index (χ4v) is 3.37. The van der Waals surface area contributed by atoms with Crippen molar-refractivity contribution >= 4 is 53.7 Å². The van der Waals surface area contributed by atoms with Gasteiger partial charge in [-0.1, -0.05) is 30.3 Å². The largest absolute Gasteiger partial charge is 0.465 e. The number of guanidine groups is 1. The fraction of sp³-hybridized carbons (Fsp3) is 0.143. The summed E-state index contributed by atoms with van der Waals surface area (Å²) in [6.45, 7) is 3.39. The van der Waals surface area contributed by atoms with E-state index in [1.165, 1.54) is 4.90 Å². The molecule has 3 rings (SSSR count). The lowest BCUT2D eigenvalue weighted by Gasteiger charge is -2.22. The van der Waals surface area contributed by atoms with Crippen LogP contribution in [0.15, 0.2) is 89.4 Å². The van der Waals surface area contributed by atoms with Gasteiger partial charge in [0, 0.05) is 11.3 Å². The van der Waals surface area contributed by atoms with Crippen molar-refractivity contribution < 1.29 is 23.9 Å². The molecule has 0 aliphatic heterocycles. The molecule has 0 saturated heterocycles. The Morgan fingerprint density at radius 1 is 0.921 bits per heavy atom. The highest BCUT2D eigenvalue weighted by atomic mass is 35.5. The molecule has 0 aliphatic rings. The average molecular weight is 537 g/mol. The predicted molar refractivity (Wildman–Crippen MR) is 150 cm³/mol. The van der Waals surface area contributed by atoms with Crippen molar-refractivity contribution in [2.45, 2.75) is 13.8 Å². The van der Waals surface area contributed by atoms with Crippen LogP contribution in [-0.2, 0) is 14.3 Å². The molecule has 10 heteroatoms. The number of benzene rings is 3. The molecule has 0 radical (unpaired) electrons. The lowest BCUT2D eigenvalue weighted by atomic mass is 10.1. The van der Waals surface area contributed by atoms with Gasteiger partial charge in [-0.3, -0.25) is 14.5 Å². The van der Waals surface area contributed by atoms with Crippen LogP contribution in [0, 0.1) is 0 Å². The molecule has 0 heterocycles. The van der Waals surface area contributed by atoms with Crippen LogP contribution < -0.4 is 21.1 Å². The van der Waals surface area contributed by atoms with E-state index in [4.69, 9.17) is 20.9 Å². The molecule has 198 valence electrons. The maximum Gasteiger partial charge on any atom is 0.343 e. The van der Waals surface area contributed by atoms with Crippen molar-refractivity contribution in [3.63, 3.8) is 0 Å². The minimum absolute atomic E-state index is 0. The van der Waals surface area contributed by atoms with Crippen LogP contribution in [0.1, 0.15) is 29.8 Å². The number of nitrogens with zero attached hydrogens (tertiary/aromatic N) is 2. The summed E-state index contributed by atoms with van der Waals surface area (Å²) in [4.78, 5) is 43.1. The number of ether oxygens (including phenoxy) is 2. The molecule has 38 heavy (non-hydrogen) atoms. The Morgan fingerprint density at radius 2 is 1.55 bits per heavy atom. The van der Waals surface area contributed by atoms with E-state index in [1.807, 2.05) is 6.07 Å². The van der Waals surface area contributed by atoms with Crippen molar-refractivity contribution in [3.05, 3.63) is 95.6 Å². The summed E-state index contributed by atoms with van der Waals surface area (Å²) in [5.74, 6) is -1.11. The zero-order valence-corrected chi connectivity index (χ0v) is 21.8. The number of para-hydroxylation sites is 1. The van der Waals surface area contributed by atoms with Crippen molar-refractivity contribution in [2.24, 2.45) is 16.5 Å². The summed E-state index contributed by atoms with van der Waals surface area (Å²) in [5, 5.41) is 0. The molecule has 9 nitrogen and oxygen atoms in total. The first-order chi connectivity index (χ1) is 17.8. The molecule has 0 saturated carbocycles. The molecule has 1 amide bonds. The van der Waals surface area contributed by atoms with Gasteiger partial charge in [0.25, 0.3) is 5.91 Å². The Balaban J connectivity index is 0.00000507. The maximum absolute atomic E-state index is 13.2. The first-order valence-electron chi connectivity index (χ1n) is 11.5. The van der Waals surface area contributed by atoms with Crippen LogP contribution in [0.2, 0.25) is 0 Å². The second-order valence-electron chi connectivity index (χ2n) is 7.90. The van der Waals surface area contributed by atoms with E-state index in [2.05, 4.69) is 4.99 Å². The number of aliphatic imine (C=N–C) groups is 1. The summed E-state index contributed by atoms with van der Waals surface area (Å²) in [7, 11) is 0. The third-order valence-electron chi connectivity index (χ3n) is 5.08. The Kier molecular flexibility index (Phi) is 11.1. The number of halogens is 1. The minimum atomic E-state index is -0.539. The number of hydrogen-bond donors (Lipinski definition) is 2. The van der Waals surface area contributed by atoms with Crippen LogP contribution in [-0.4, -0.2) is 37.0 Å². The first kappa shape index (κ1) is 29.6. The van der Waals surface area contributed by atoms with Gasteiger partial charge in [-0.2, -0.15) is 0 Å². The summed E-state index contributed by atoms with van der Waals surface area (Å²) in [5.41, 5.74) is 13.3. The predicted octanol–water partition coefficient (Wildman–Crippen LogP) is 4.23. The zero-order chi connectivity index (χ0) is 26.8. The molecular formula is C28H29ClN4O5. The number of carbonyl (C=O) groups excluding carboxylic acids is 3. The van der Waals surface area contributed by atoms with Gasteiger partial charge in [-0.05, 0) is 74.0 Å². The Bertz CT molecular complexity index is 1300. The second kappa shape index (κ2) is 14.2. The van der Waals surface area contributed by atoms with Crippen LogP contribution in [0.3, 0.4) is 0 Å². The molecule has 4 N–H and O–H groups in total. The second-order valence-corrected chi connectivity index (χ2v) is 7.90. The van der Waals surface area contributed by atoms with Crippen LogP contribution >= 0.6 is 12.4 Å². The van der Waals surface area contributed by atoms with Gasteiger partial charge in [0.2, 0.25) is 0 Å². The molecule has 0 atom stereocenters.